The predicted molar refractivity (Wildman–Crippen MR) is 57.1 cm³/mol. The molecule has 1 N–H and O–H groups in total. The van der Waals surface area contributed by atoms with Gasteiger partial charge in [0.2, 0.25) is 0 Å². The third-order valence-electron chi connectivity index (χ3n) is 1.83. The van der Waals surface area contributed by atoms with Crippen LogP contribution in [-0.4, -0.2) is 15.5 Å². The molecule has 66 valence electrons. The number of hydrogen-bond acceptors (Lipinski definition) is 1. The molecule has 3 nitrogen and oxygen atoms in total. The van der Waals surface area contributed by atoms with Gasteiger partial charge in [-0.2, -0.15) is 0 Å². The first-order chi connectivity index (χ1) is 6.18. The second-order valence-corrected chi connectivity index (χ2v) is 3.84. The van der Waals surface area contributed by atoms with Crippen molar-refractivity contribution in [2.75, 3.05) is 0 Å². The number of pyridine rings is 1. The first-order valence-corrected chi connectivity index (χ1v) is 4.76. The molecule has 2 aromatic heterocycles. The van der Waals surface area contributed by atoms with E-state index >= 15 is 0 Å². The van der Waals surface area contributed by atoms with Crippen molar-refractivity contribution >= 4 is 34.1 Å². The summed E-state index contributed by atoms with van der Waals surface area (Å²) in [5.41, 5.74) is 1.25. The number of aromatic nitrogens is 1. The van der Waals surface area contributed by atoms with Crippen LogP contribution in [0.1, 0.15) is 10.4 Å². The number of carboxylic acid groups (broad SMARTS) is 1. The lowest BCUT2D eigenvalue weighted by Crippen LogP contribution is -1.91. The Morgan fingerprint density at radius 1 is 1.54 bits per heavy atom. The summed E-state index contributed by atoms with van der Waals surface area (Å²) in [5, 5.41) is 8.76. The van der Waals surface area contributed by atoms with E-state index in [1.807, 2.05) is 22.7 Å². The van der Waals surface area contributed by atoms with Crippen LogP contribution in [-0.2, 0) is 0 Å². The topological polar surface area (TPSA) is 41.7 Å². The molecule has 2 rings (SSSR count). The Balaban J connectivity index is 2.75. The van der Waals surface area contributed by atoms with Crippen LogP contribution in [0.25, 0.3) is 5.52 Å². The Kier molecular flexibility index (Phi) is 1.99. The zero-order chi connectivity index (χ0) is 9.42. The molecular weight excluding hydrogens is 281 g/mol. The van der Waals surface area contributed by atoms with E-state index in [1.54, 1.807) is 12.3 Å². The number of carboxylic acids is 1. The molecule has 0 aliphatic carbocycles. The third-order valence-corrected chi connectivity index (χ3v) is 2.74. The molecule has 0 bridgehead atoms. The van der Waals surface area contributed by atoms with Gasteiger partial charge in [-0.25, -0.2) is 4.79 Å². The summed E-state index contributed by atoms with van der Waals surface area (Å²) in [6, 6.07) is 5.51. The number of fused-ring (bicyclic) bond motifs is 1. The molecule has 0 fully saturated rings. The van der Waals surface area contributed by atoms with Gasteiger partial charge >= 0.3 is 5.97 Å². The van der Waals surface area contributed by atoms with Crippen LogP contribution in [0.2, 0.25) is 0 Å². The number of rotatable bonds is 1. The molecule has 0 saturated heterocycles. The van der Waals surface area contributed by atoms with Crippen molar-refractivity contribution in [3.05, 3.63) is 39.7 Å². The maximum absolute atomic E-state index is 10.7. The molecule has 4 heteroatoms. The monoisotopic (exact) mass is 287 g/mol. The number of hydrogen-bond donors (Lipinski definition) is 1. The molecule has 0 aliphatic heterocycles. The molecule has 0 aliphatic rings. The summed E-state index contributed by atoms with van der Waals surface area (Å²) in [7, 11) is 0. The highest BCUT2D eigenvalue weighted by atomic mass is 127. The lowest BCUT2D eigenvalue weighted by Gasteiger charge is -1.94. The van der Waals surface area contributed by atoms with Crippen LogP contribution in [0.15, 0.2) is 30.6 Å². The molecule has 2 heterocycles. The van der Waals surface area contributed by atoms with E-state index in [1.165, 1.54) is 0 Å². The van der Waals surface area contributed by atoms with Gasteiger partial charge in [0.25, 0.3) is 0 Å². The maximum atomic E-state index is 10.7. The summed E-state index contributed by atoms with van der Waals surface area (Å²) in [6.45, 7) is 0. The Morgan fingerprint density at radius 3 is 2.92 bits per heavy atom. The lowest BCUT2D eigenvalue weighted by molar-refractivity contribution is 0.0697. The highest BCUT2D eigenvalue weighted by Crippen LogP contribution is 2.16. The fraction of sp³-hybridized carbons (Fsp3) is 0. The number of halogens is 1. The van der Waals surface area contributed by atoms with Crippen molar-refractivity contribution in [2.45, 2.75) is 0 Å². The molecule has 0 unspecified atom stereocenters. The van der Waals surface area contributed by atoms with Gasteiger partial charge in [-0.05, 0) is 40.8 Å². The summed E-state index contributed by atoms with van der Waals surface area (Å²) in [6.07, 6.45) is 3.45. The molecule has 0 aromatic carbocycles. The fourth-order valence-electron chi connectivity index (χ4n) is 1.22. The van der Waals surface area contributed by atoms with Crippen LogP contribution in [0.4, 0.5) is 0 Å². The molecular formula is C9H6INO2. The maximum Gasteiger partial charge on any atom is 0.337 e. The Bertz CT molecular complexity index is 475. The fourth-order valence-corrected chi connectivity index (χ4v) is 1.86. The Labute approximate surface area is 88.1 Å². The van der Waals surface area contributed by atoms with Crippen LogP contribution in [0.3, 0.4) is 0 Å². The largest absolute Gasteiger partial charge is 0.478 e. The van der Waals surface area contributed by atoms with Crippen molar-refractivity contribution in [3.63, 3.8) is 0 Å². The second kappa shape index (κ2) is 3.02. The number of nitrogens with zero attached hydrogens (tertiary/aromatic N) is 1. The van der Waals surface area contributed by atoms with Gasteiger partial charge < -0.3 is 9.51 Å². The van der Waals surface area contributed by atoms with Gasteiger partial charge in [-0.3, -0.25) is 0 Å². The van der Waals surface area contributed by atoms with Gasteiger partial charge in [-0.15, -0.1) is 0 Å². The van der Waals surface area contributed by atoms with Crippen LogP contribution < -0.4 is 0 Å². The van der Waals surface area contributed by atoms with Gasteiger partial charge in [0.15, 0.2) is 0 Å². The van der Waals surface area contributed by atoms with Crippen molar-refractivity contribution in [3.8, 4) is 0 Å². The quantitative estimate of drug-likeness (QED) is 0.817. The standard InChI is InChI=1S/C9H6INO2/c10-7-2-1-3-11-5-6(9(12)13)4-8(7)11/h1-5H,(H,12,13). The molecule has 0 atom stereocenters. The SMILES string of the molecule is O=C(O)c1cc2c(I)cccn2c1. The molecule has 0 saturated carbocycles. The van der Waals surface area contributed by atoms with Gasteiger partial charge in [0, 0.05) is 16.0 Å². The van der Waals surface area contributed by atoms with E-state index in [0.717, 1.165) is 9.09 Å². The van der Waals surface area contributed by atoms with E-state index in [4.69, 9.17) is 5.11 Å². The van der Waals surface area contributed by atoms with E-state index in [2.05, 4.69) is 22.6 Å². The minimum Gasteiger partial charge on any atom is -0.478 e. The van der Waals surface area contributed by atoms with Crippen LogP contribution in [0, 0.1) is 3.57 Å². The van der Waals surface area contributed by atoms with Crippen LogP contribution >= 0.6 is 22.6 Å². The molecule has 0 amide bonds. The molecule has 13 heavy (non-hydrogen) atoms. The number of carbonyl (C=O) groups is 1. The molecule has 0 spiro atoms. The zero-order valence-corrected chi connectivity index (χ0v) is 8.72. The van der Waals surface area contributed by atoms with Gasteiger partial charge in [0.1, 0.15) is 0 Å². The van der Waals surface area contributed by atoms with Crippen molar-refractivity contribution in [2.24, 2.45) is 0 Å². The minimum atomic E-state index is -0.889. The van der Waals surface area contributed by atoms with E-state index in [-0.39, 0.29) is 0 Å². The predicted octanol–water partition coefficient (Wildman–Crippen LogP) is 2.24. The average molecular weight is 287 g/mol. The number of aromatic carboxylic acids is 1. The molecule has 2 aromatic rings. The van der Waals surface area contributed by atoms with E-state index < -0.39 is 5.97 Å². The lowest BCUT2D eigenvalue weighted by atomic mass is 10.3. The van der Waals surface area contributed by atoms with Crippen LogP contribution in [0.5, 0.6) is 0 Å². The van der Waals surface area contributed by atoms with E-state index in [0.29, 0.717) is 5.56 Å². The summed E-state index contributed by atoms with van der Waals surface area (Å²) >= 11 is 2.18. The Morgan fingerprint density at radius 2 is 2.31 bits per heavy atom. The molecule has 0 radical (unpaired) electrons. The zero-order valence-electron chi connectivity index (χ0n) is 6.57. The van der Waals surface area contributed by atoms with Gasteiger partial charge in [-0.1, -0.05) is 0 Å². The van der Waals surface area contributed by atoms with Crippen molar-refractivity contribution < 1.29 is 9.90 Å². The highest BCUT2D eigenvalue weighted by molar-refractivity contribution is 14.1. The van der Waals surface area contributed by atoms with Gasteiger partial charge in [0.05, 0.1) is 11.1 Å². The highest BCUT2D eigenvalue weighted by Gasteiger charge is 2.07. The van der Waals surface area contributed by atoms with Crippen molar-refractivity contribution in [1.29, 1.82) is 0 Å². The Hall–Kier alpha value is -1.04. The third kappa shape index (κ3) is 1.41. The summed E-state index contributed by atoms with van der Waals surface area (Å²) in [4.78, 5) is 10.7. The normalized spacial score (nSPS) is 10.5. The second-order valence-electron chi connectivity index (χ2n) is 2.68. The first kappa shape index (κ1) is 8.55. The minimum absolute atomic E-state index is 0.323. The first-order valence-electron chi connectivity index (χ1n) is 3.68. The van der Waals surface area contributed by atoms with E-state index in [9.17, 15) is 4.79 Å². The van der Waals surface area contributed by atoms with Crippen molar-refractivity contribution in [1.82, 2.24) is 4.40 Å². The smallest absolute Gasteiger partial charge is 0.337 e. The summed E-state index contributed by atoms with van der Waals surface area (Å²) in [5.74, 6) is -0.889. The average Bonchev–Trinajstić information content (AvgIpc) is 2.49. The summed E-state index contributed by atoms with van der Waals surface area (Å²) < 4.78 is 2.86.